The number of carbonyl (C=O) groups excluding carboxylic acids is 1. The summed E-state index contributed by atoms with van der Waals surface area (Å²) in [5.41, 5.74) is 2.25. The molecule has 0 spiro atoms. The molecule has 0 atom stereocenters. The van der Waals surface area contributed by atoms with Gasteiger partial charge in [0.15, 0.2) is 0 Å². The molecular formula is C20H18N2O2S. The Morgan fingerprint density at radius 2 is 2.04 bits per heavy atom. The number of hydrogen-bond donors (Lipinski definition) is 0. The highest BCUT2D eigenvalue weighted by atomic mass is 32.2. The maximum absolute atomic E-state index is 13.1. The Hall–Kier alpha value is -2.53. The molecule has 126 valence electrons. The minimum absolute atomic E-state index is 0.0485. The molecule has 1 amide bonds. The zero-order valence-corrected chi connectivity index (χ0v) is 14.8. The average molecular weight is 350 g/mol. The number of carbonyl (C=O) groups is 1. The molecule has 0 saturated carbocycles. The third-order valence-corrected chi connectivity index (χ3v) is 5.45. The highest BCUT2D eigenvalue weighted by Crippen LogP contribution is 2.34. The van der Waals surface area contributed by atoms with Crippen molar-refractivity contribution in [1.82, 2.24) is 4.98 Å². The van der Waals surface area contributed by atoms with Crippen LogP contribution in [0.15, 0.2) is 59.5 Å². The van der Waals surface area contributed by atoms with E-state index in [1.165, 1.54) is 0 Å². The first-order chi connectivity index (χ1) is 12.3. The zero-order valence-electron chi connectivity index (χ0n) is 13.9. The number of aromatic nitrogens is 1. The van der Waals surface area contributed by atoms with E-state index in [1.54, 1.807) is 24.9 Å². The van der Waals surface area contributed by atoms with Crippen LogP contribution in [0.3, 0.4) is 0 Å². The topological polar surface area (TPSA) is 42.4 Å². The summed E-state index contributed by atoms with van der Waals surface area (Å²) in [4.78, 5) is 20.7. The summed E-state index contributed by atoms with van der Waals surface area (Å²) in [6, 6.07) is 17.5. The van der Waals surface area contributed by atoms with Crippen LogP contribution in [0.2, 0.25) is 0 Å². The van der Waals surface area contributed by atoms with Crippen molar-refractivity contribution < 1.29 is 9.53 Å². The number of pyridine rings is 1. The Labute approximate surface area is 150 Å². The molecule has 4 nitrogen and oxygen atoms in total. The summed E-state index contributed by atoms with van der Waals surface area (Å²) in [7, 11) is 1.64. The van der Waals surface area contributed by atoms with E-state index in [9.17, 15) is 4.79 Å². The van der Waals surface area contributed by atoms with Crippen LogP contribution >= 0.6 is 11.8 Å². The van der Waals surface area contributed by atoms with Crippen molar-refractivity contribution >= 4 is 34.3 Å². The third kappa shape index (κ3) is 3.07. The van der Waals surface area contributed by atoms with Gasteiger partial charge in [0.2, 0.25) is 0 Å². The molecule has 25 heavy (non-hydrogen) atoms. The standard InChI is InChI=1S/C20H18N2O2S/c1-24-15-8-10-16-14(13-15)7-9-17(21-16)20(23)22-11-4-12-25-19-6-3-2-5-18(19)22/h2-3,5-10,13H,4,11-12H2,1H3. The van der Waals surface area contributed by atoms with Gasteiger partial charge >= 0.3 is 0 Å². The number of ether oxygens (including phenoxy) is 1. The van der Waals surface area contributed by atoms with E-state index in [4.69, 9.17) is 4.74 Å². The molecule has 4 rings (SSSR count). The number of methoxy groups -OCH3 is 1. The van der Waals surface area contributed by atoms with Gasteiger partial charge in [0.25, 0.3) is 5.91 Å². The first-order valence-electron chi connectivity index (χ1n) is 8.25. The summed E-state index contributed by atoms with van der Waals surface area (Å²) < 4.78 is 5.24. The number of hydrogen-bond acceptors (Lipinski definition) is 4. The van der Waals surface area contributed by atoms with E-state index in [2.05, 4.69) is 11.1 Å². The Bertz CT molecular complexity index is 942. The lowest BCUT2D eigenvalue weighted by Crippen LogP contribution is -2.32. The van der Waals surface area contributed by atoms with E-state index >= 15 is 0 Å². The normalized spacial score (nSPS) is 14.0. The lowest BCUT2D eigenvalue weighted by molar-refractivity contribution is 0.0982. The van der Waals surface area contributed by atoms with Gasteiger partial charge in [0.1, 0.15) is 11.4 Å². The first kappa shape index (κ1) is 16.0. The summed E-state index contributed by atoms with van der Waals surface area (Å²) in [6.45, 7) is 0.713. The minimum atomic E-state index is -0.0485. The van der Waals surface area contributed by atoms with Crippen molar-refractivity contribution in [2.75, 3.05) is 24.3 Å². The van der Waals surface area contributed by atoms with Crippen molar-refractivity contribution in [1.29, 1.82) is 0 Å². The quantitative estimate of drug-likeness (QED) is 0.688. The molecule has 0 unspecified atom stereocenters. The van der Waals surface area contributed by atoms with E-state index in [-0.39, 0.29) is 5.91 Å². The molecule has 0 radical (unpaired) electrons. The van der Waals surface area contributed by atoms with Gasteiger partial charge in [-0.05, 0) is 48.6 Å². The molecule has 2 heterocycles. The van der Waals surface area contributed by atoms with Gasteiger partial charge in [-0.25, -0.2) is 4.98 Å². The number of anilines is 1. The molecule has 5 heteroatoms. The molecule has 0 N–H and O–H groups in total. The van der Waals surface area contributed by atoms with Gasteiger partial charge in [-0.1, -0.05) is 18.2 Å². The van der Waals surface area contributed by atoms with E-state index in [1.807, 2.05) is 47.4 Å². The zero-order chi connectivity index (χ0) is 17.2. The van der Waals surface area contributed by atoms with Crippen molar-refractivity contribution in [3.63, 3.8) is 0 Å². The highest BCUT2D eigenvalue weighted by Gasteiger charge is 2.23. The largest absolute Gasteiger partial charge is 0.497 e. The number of thioether (sulfide) groups is 1. The molecule has 0 saturated heterocycles. The SMILES string of the molecule is COc1ccc2nc(C(=O)N3CCCSc4ccccc43)ccc2c1. The monoisotopic (exact) mass is 350 g/mol. The molecule has 1 aliphatic heterocycles. The minimum Gasteiger partial charge on any atom is -0.497 e. The maximum atomic E-state index is 13.1. The Kier molecular flexibility index (Phi) is 4.32. The molecular weight excluding hydrogens is 332 g/mol. The fourth-order valence-corrected chi connectivity index (χ4v) is 4.02. The van der Waals surface area contributed by atoms with Crippen LogP contribution in [0, 0.1) is 0 Å². The van der Waals surface area contributed by atoms with Crippen LogP contribution in [-0.2, 0) is 0 Å². The predicted molar refractivity (Wildman–Crippen MR) is 102 cm³/mol. The Morgan fingerprint density at radius 3 is 2.92 bits per heavy atom. The van der Waals surface area contributed by atoms with E-state index < -0.39 is 0 Å². The predicted octanol–water partition coefficient (Wildman–Crippen LogP) is 4.39. The van der Waals surface area contributed by atoms with Crippen LogP contribution in [0.4, 0.5) is 5.69 Å². The molecule has 1 aliphatic rings. The van der Waals surface area contributed by atoms with Gasteiger partial charge in [-0.2, -0.15) is 0 Å². The molecule has 2 aromatic carbocycles. The average Bonchev–Trinajstić information content (AvgIpc) is 2.89. The van der Waals surface area contributed by atoms with Crippen molar-refractivity contribution in [2.24, 2.45) is 0 Å². The van der Waals surface area contributed by atoms with Gasteiger partial charge in [-0.15, -0.1) is 11.8 Å². The molecule has 1 aromatic heterocycles. The van der Waals surface area contributed by atoms with E-state index in [0.717, 1.165) is 39.4 Å². The number of benzene rings is 2. The smallest absolute Gasteiger partial charge is 0.276 e. The highest BCUT2D eigenvalue weighted by molar-refractivity contribution is 7.99. The first-order valence-corrected chi connectivity index (χ1v) is 9.23. The summed E-state index contributed by atoms with van der Waals surface area (Å²) in [5, 5.41) is 0.961. The molecule has 0 fully saturated rings. The second-order valence-corrected chi connectivity index (χ2v) is 7.02. The van der Waals surface area contributed by atoms with Gasteiger partial charge < -0.3 is 9.64 Å². The second kappa shape index (κ2) is 6.76. The van der Waals surface area contributed by atoms with Crippen LogP contribution in [0.25, 0.3) is 10.9 Å². The Morgan fingerprint density at radius 1 is 1.16 bits per heavy atom. The van der Waals surface area contributed by atoms with Crippen LogP contribution in [0.1, 0.15) is 16.9 Å². The van der Waals surface area contributed by atoms with Crippen LogP contribution in [0.5, 0.6) is 5.75 Å². The van der Waals surface area contributed by atoms with Crippen LogP contribution in [-0.4, -0.2) is 30.3 Å². The lowest BCUT2D eigenvalue weighted by atomic mass is 10.1. The van der Waals surface area contributed by atoms with Gasteiger partial charge in [0, 0.05) is 16.8 Å². The summed E-state index contributed by atoms with van der Waals surface area (Å²) in [5.74, 6) is 1.76. The molecule has 0 bridgehead atoms. The van der Waals surface area contributed by atoms with Gasteiger partial charge in [0.05, 0.1) is 18.3 Å². The van der Waals surface area contributed by atoms with Gasteiger partial charge in [-0.3, -0.25) is 4.79 Å². The molecule has 0 aliphatic carbocycles. The van der Waals surface area contributed by atoms with Crippen molar-refractivity contribution in [3.8, 4) is 5.75 Å². The second-order valence-electron chi connectivity index (χ2n) is 5.88. The van der Waals surface area contributed by atoms with Crippen LogP contribution < -0.4 is 9.64 Å². The number of rotatable bonds is 2. The lowest BCUT2D eigenvalue weighted by Gasteiger charge is -2.22. The number of fused-ring (bicyclic) bond motifs is 2. The van der Waals surface area contributed by atoms with Crippen molar-refractivity contribution in [3.05, 3.63) is 60.3 Å². The van der Waals surface area contributed by atoms with Crippen molar-refractivity contribution in [2.45, 2.75) is 11.3 Å². The third-order valence-electron chi connectivity index (χ3n) is 4.30. The summed E-state index contributed by atoms with van der Waals surface area (Å²) >= 11 is 1.80. The number of amides is 1. The Balaban J connectivity index is 1.72. The summed E-state index contributed by atoms with van der Waals surface area (Å²) in [6.07, 6.45) is 0.968. The fourth-order valence-electron chi connectivity index (χ4n) is 3.03. The molecule has 3 aromatic rings. The number of nitrogens with zero attached hydrogens (tertiary/aromatic N) is 2. The number of para-hydroxylation sites is 1. The van der Waals surface area contributed by atoms with E-state index in [0.29, 0.717) is 12.2 Å². The fraction of sp³-hybridized carbons (Fsp3) is 0.200. The maximum Gasteiger partial charge on any atom is 0.276 e.